The van der Waals surface area contributed by atoms with Gasteiger partial charge in [0, 0.05) is 50.3 Å². The number of ether oxygens (including phenoxy) is 5. The van der Waals surface area contributed by atoms with Crippen molar-refractivity contribution >= 4 is 11.7 Å². The van der Waals surface area contributed by atoms with Crippen LogP contribution in [0.3, 0.4) is 0 Å². The predicted molar refractivity (Wildman–Crippen MR) is 201 cm³/mol. The van der Waals surface area contributed by atoms with Crippen LogP contribution in [-0.4, -0.2) is 146 Å². The fourth-order valence-corrected chi connectivity index (χ4v) is 9.49. The highest BCUT2D eigenvalue weighted by atomic mass is 16.7. The minimum absolute atomic E-state index is 0.0519. The van der Waals surface area contributed by atoms with E-state index in [1.54, 1.807) is 48.5 Å². The Morgan fingerprint density at radius 3 is 2.19 bits per heavy atom. The number of carbonyl (C=O) groups is 1. The maximum atomic E-state index is 14.3. The van der Waals surface area contributed by atoms with E-state index in [1.807, 2.05) is 25.8 Å². The molecular formula is C40H70N2O12. The van der Waals surface area contributed by atoms with E-state index in [1.165, 1.54) is 14.0 Å². The summed E-state index contributed by atoms with van der Waals surface area (Å²) in [5.74, 6) is -2.06. The van der Waals surface area contributed by atoms with Crippen LogP contribution in [0, 0.1) is 41.9 Å². The van der Waals surface area contributed by atoms with Gasteiger partial charge < -0.3 is 54.4 Å². The Kier molecular flexibility index (Phi) is 16.0. The SMILES string of the molecule is C#CCCN(C)C1CC(C)OC(O[C@@H]2[C@@H](C)[C@H](C3C[C@@](C)(OC)C(O)C(C)O3)C(C)C(=O)O[C@H](CC)[C@@](C)(O)C(O)C(C)/C(=N/O)[C@H](C)C[C@@]2(C)O)[C@@H]1O. The van der Waals surface area contributed by atoms with Gasteiger partial charge in [-0.2, -0.15) is 0 Å². The van der Waals surface area contributed by atoms with E-state index >= 15 is 0 Å². The Balaban J connectivity index is 2.25. The van der Waals surface area contributed by atoms with E-state index in [9.17, 15) is 35.5 Å². The van der Waals surface area contributed by atoms with Crippen LogP contribution in [0.2, 0.25) is 0 Å². The van der Waals surface area contributed by atoms with Crippen molar-refractivity contribution in [2.24, 2.45) is 34.7 Å². The summed E-state index contributed by atoms with van der Waals surface area (Å²) in [6.45, 7) is 17.5. The maximum Gasteiger partial charge on any atom is 0.309 e. The number of hydrogen-bond acceptors (Lipinski definition) is 14. The van der Waals surface area contributed by atoms with Crippen molar-refractivity contribution < 1.29 is 59.2 Å². The molecule has 3 fully saturated rings. The van der Waals surface area contributed by atoms with E-state index in [4.69, 9.17) is 30.1 Å². The fraction of sp³-hybridized carbons (Fsp3) is 0.900. The van der Waals surface area contributed by atoms with E-state index in [0.29, 0.717) is 19.4 Å². The summed E-state index contributed by atoms with van der Waals surface area (Å²) in [4.78, 5) is 16.3. The average Bonchev–Trinajstić information content (AvgIpc) is 3.10. The topological polar surface area (TPSA) is 200 Å². The molecule has 14 heteroatoms. The molecule has 0 aliphatic carbocycles. The molecule has 3 saturated heterocycles. The summed E-state index contributed by atoms with van der Waals surface area (Å²) in [6, 6.07) is -0.379. The number of cyclic esters (lactones) is 1. The quantitative estimate of drug-likeness (QED) is 0.0913. The molecular weight excluding hydrogens is 700 g/mol. The van der Waals surface area contributed by atoms with E-state index in [0.717, 1.165) is 0 Å². The third-order valence-electron chi connectivity index (χ3n) is 12.8. The number of oxime groups is 1. The number of methoxy groups -OCH3 is 1. The molecule has 6 N–H and O–H groups in total. The molecule has 0 bridgehead atoms. The fourth-order valence-electron chi connectivity index (χ4n) is 9.49. The molecule has 9 unspecified atom stereocenters. The molecule has 0 saturated carbocycles. The van der Waals surface area contributed by atoms with Crippen LogP contribution in [0.1, 0.15) is 101 Å². The van der Waals surface area contributed by atoms with Crippen molar-refractivity contribution in [3.63, 3.8) is 0 Å². The van der Waals surface area contributed by atoms with Crippen molar-refractivity contribution in [1.29, 1.82) is 0 Å². The standard InChI is InChI=1S/C40H70N2O12/c1-14-16-17-42(12)27-18-22(4)51-37(32(27)43)54-35-23(5)30(28-20-39(10,50-13)34(45)26(8)52-28)24(6)36(46)53-29(15-2)40(11,48)33(44)25(7)31(41-49)21(3)19-38(35,9)47/h1,21-30,32-35,37,43-45,47-49H,15-20H2,2-13H3/b41-31+/t21-,22?,23+,24?,25?,26?,27?,28?,29-,30+,32-,33?,34?,35-,37?,38-,39-,40-/m1/s1. The lowest BCUT2D eigenvalue weighted by molar-refractivity contribution is -0.302. The summed E-state index contributed by atoms with van der Waals surface area (Å²) >= 11 is 0. The first-order valence-electron chi connectivity index (χ1n) is 19.6. The number of carbonyl (C=O) groups excluding carboxylic acids is 1. The number of aliphatic hydroxyl groups excluding tert-OH is 3. The number of hydrogen-bond donors (Lipinski definition) is 6. The molecule has 3 aliphatic rings. The minimum Gasteiger partial charge on any atom is -0.459 e. The molecule has 3 heterocycles. The molecule has 0 aromatic heterocycles. The van der Waals surface area contributed by atoms with E-state index in [-0.39, 0.29) is 37.1 Å². The third kappa shape index (κ3) is 9.79. The molecule has 3 aliphatic heterocycles. The van der Waals surface area contributed by atoms with E-state index in [2.05, 4.69) is 11.1 Å². The van der Waals surface area contributed by atoms with E-state index < -0.39 is 101 Å². The zero-order valence-corrected chi connectivity index (χ0v) is 34.5. The van der Waals surface area contributed by atoms with Gasteiger partial charge in [0.2, 0.25) is 0 Å². The van der Waals surface area contributed by atoms with Gasteiger partial charge in [-0.15, -0.1) is 12.3 Å². The first-order valence-corrected chi connectivity index (χ1v) is 19.6. The average molecular weight is 771 g/mol. The van der Waals surface area contributed by atoms with Gasteiger partial charge in [-0.1, -0.05) is 39.8 Å². The second kappa shape index (κ2) is 18.6. The second-order valence-electron chi connectivity index (χ2n) is 17.2. The predicted octanol–water partition coefficient (Wildman–Crippen LogP) is 2.71. The molecule has 18 atom stereocenters. The molecule has 0 aromatic carbocycles. The van der Waals surface area contributed by atoms with Crippen molar-refractivity contribution in [2.75, 3.05) is 20.7 Å². The Hall–Kier alpha value is -1.90. The lowest BCUT2D eigenvalue weighted by atomic mass is 9.67. The van der Waals surface area contributed by atoms with Crippen LogP contribution in [0.5, 0.6) is 0 Å². The number of likely N-dealkylation sites (N-methyl/N-ethyl adjacent to an activating group) is 1. The third-order valence-corrected chi connectivity index (χ3v) is 12.8. The van der Waals surface area contributed by atoms with Crippen molar-refractivity contribution in [2.45, 2.75) is 179 Å². The lowest BCUT2D eigenvalue weighted by Gasteiger charge is -2.51. The number of rotatable bonds is 8. The highest BCUT2D eigenvalue weighted by Crippen LogP contribution is 2.45. The van der Waals surface area contributed by atoms with Crippen LogP contribution in [0.15, 0.2) is 5.16 Å². The second-order valence-corrected chi connectivity index (χ2v) is 17.2. The maximum absolute atomic E-state index is 14.3. The number of nitrogens with zero attached hydrogens (tertiary/aromatic N) is 2. The van der Waals surface area contributed by atoms with Gasteiger partial charge in [-0.25, -0.2) is 0 Å². The van der Waals surface area contributed by atoms with Crippen molar-refractivity contribution in [3.05, 3.63) is 0 Å². The van der Waals surface area contributed by atoms with Gasteiger partial charge in [0.15, 0.2) is 6.29 Å². The summed E-state index contributed by atoms with van der Waals surface area (Å²) in [6.07, 6.45) is -2.14. The van der Waals surface area contributed by atoms with Gasteiger partial charge in [-0.05, 0) is 66.8 Å². The lowest BCUT2D eigenvalue weighted by Crippen LogP contribution is -2.62. The van der Waals surface area contributed by atoms with Gasteiger partial charge in [0.1, 0.15) is 23.9 Å². The van der Waals surface area contributed by atoms with Gasteiger partial charge >= 0.3 is 5.97 Å². The zero-order chi connectivity index (χ0) is 41.1. The van der Waals surface area contributed by atoms with Gasteiger partial charge in [0.05, 0.1) is 53.4 Å². The summed E-state index contributed by atoms with van der Waals surface area (Å²) in [5.41, 5.74) is -4.65. The molecule has 3 rings (SSSR count). The number of esters is 1. The van der Waals surface area contributed by atoms with Crippen molar-refractivity contribution in [3.8, 4) is 12.3 Å². The smallest absolute Gasteiger partial charge is 0.309 e. The van der Waals surface area contributed by atoms with Crippen LogP contribution in [0.4, 0.5) is 0 Å². The summed E-state index contributed by atoms with van der Waals surface area (Å²) in [5, 5.41) is 72.7. The highest BCUT2D eigenvalue weighted by molar-refractivity contribution is 5.88. The van der Waals surface area contributed by atoms with Gasteiger partial charge in [-0.3, -0.25) is 9.69 Å². The normalized spacial score (nSPS) is 48.2. The van der Waals surface area contributed by atoms with Crippen LogP contribution < -0.4 is 0 Å². The monoisotopic (exact) mass is 770 g/mol. The largest absolute Gasteiger partial charge is 0.459 e. The van der Waals surface area contributed by atoms with Crippen LogP contribution >= 0.6 is 0 Å². The molecule has 14 nitrogen and oxygen atoms in total. The van der Waals surface area contributed by atoms with Crippen LogP contribution in [-0.2, 0) is 28.5 Å². The van der Waals surface area contributed by atoms with Crippen molar-refractivity contribution in [1.82, 2.24) is 4.90 Å². The summed E-state index contributed by atoms with van der Waals surface area (Å²) in [7, 11) is 3.38. The number of terminal acetylenes is 1. The molecule has 0 aromatic rings. The Bertz CT molecular complexity index is 1310. The Labute approximate surface area is 322 Å². The van der Waals surface area contributed by atoms with Gasteiger partial charge in [0.25, 0.3) is 0 Å². The summed E-state index contributed by atoms with van der Waals surface area (Å²) < 4.78 is 31.4. The molecule has 0 amide bonds. The first-order chi connectivity index (χ1) is 25.0. The molecule has 54 heavy (non-hydrogen) atoms. The Morgan fingerprint density at radius 1 is 1.00 bits per heavy atom. The molecule has 312 valence electrons. The zero-order valence-electron chi connectivity index (χ0n) is 34.5. The van der Waals surface area contributed by atoms with Crippen LogP contribution in [0.25, 0.3) is 0 Å². The molecule has 0 spiro atoms. The number of aliphatic hydroxyl groups is 5. The first kappa shape index (κ1) is 46.5. The minimum atomic E-state index is -1.96. The highest BCUT2D eigenvalue weighted by Gasteiger charge is 2.55. The molecule has 0 radical (unpaired) electrons. The Morgan fingerprint density at radius 2 is 1.63 bits per heavy atom.